The Labute approximate surface area is 109 Å². The lowest BCUT2D eigenvalue weighted by Gasteiger charge is -2.22. The number of hydrogen-bond donors (Lipinski definition) is 1. The molecule has 0 aromatic carbocycles. The van der Waals surface area contributed by atoms with Crippen LogP contribution in [0.4, 0.5) is 13.2 Å². The highest BCUT2D eigenvalue weighted by Crippen LogP contribution is 2.15. The fourth-order valence-corrected chi connectivity index (χ4v) is 1.75. The molecule has 0 aromatic heterocycles. The van der Waals surface area contributed by atoms with Gasteiger partial charge in [0.1, 0.15) is 6.54 Å². The van der Waals surface area contributed by atoms with Crippen LogP contribution in [0.2, 0.25) is 0 Å². The zero-order chi connectivity index (χ0) is 14.5. The number of amides is 2. The summed E-state index contributed by atoms with van der Waals surface area (Å²) < 4.78 is 41.3. The van der Waals surface area contributed by atoms with Gasteiger partial charge in [0.2, 0.25) is 11.8 Å². The average molecular weight is 282 g/mol. The number of likely N-dealkylation sites (N-methyl/N-ethyl adjacent to an activating group) is 1. The van der Waals surface area contributed by atoms with Crippen LogP contribution in [0.5, 0.6) is 0 Å². The van der Waals surface area contributed by atoms with Gasteiger partial charge in [0.15, 0.2) is 0 Å². The summed E-state index contributed by atoms with van der Waals surface area (Å²) in [6, 6.07) is 0. The van der Waals surface area contributed by atoms with Crippen molar-refractivity contribution in [1.82, 2.24) is 10.2 Å². The molecule has 0 aromatic rings. The van der Waals surface area contributed by atoms with Gasteiger partial charge in [-0.2, -0.15) is 13.2 Å². The summed E-state index contributed by atoms with van der Waals surface area (Å²) in [6.45, 7) is -0.856. The second kappa shape index (κ2) is 6.74. The quantitative estimate of drug-likeness (QED) is 0.819. The van der Waals surface area contributed by atoms with Crippen LogP contribution in [-0.2, 0) is 14.3 Å². The molecule has 1 aliphatic rings. The number of rotatable bonds is 4. The molecule has 0 saturated carbocycles. The van der Waals surface area contributed by atoms with E-state index in [1.807, 2.05) is 0 Å². The molecule has 5 nitrogen and oxygen atoms in total. The zero-order valence-electron chi connectivity index (χ0n) is 10.6. The Morgan fingerprint density at radius 3 is 2.63 bits per heavy atom. The third-order valence-corrected chi connectivity index (χ3v) is 2.79. The molecule has 110 valence electrons. The molecular weight excluding hydrogens is 265 g/mol. The number of carbonyl (C=O) groups excluding carboxylic acids is 2. The molecule has 1 unspecified atom stereocenters. The number of alkyl halides is 3. The lowest BCUT2D eigenvalue weighted by Crippen LogP contribution is -2.44. The van der Waals surface area contributed by atoms with Crippen molar-refractivity contribution in [2.24, 2.45) is 5.92 Å². The third kappa shape index (κ3) is 5.91. The normalized spacial score (nSPS) is 19.9. The van der Waals surface area contributed by atoms with E-state index < -0.39 is 25.2 Å². The highest BCUT2D eigenvalue weighted by atomic mass is 19.4. The van der Waals surface area contributed by atoms with Crippen LogP contribution in [0, 0.1) is 5.92 Å². The van der Waals surface area contributed by atoms with Crippen LogP contribution in [0.15, 0.2) is 0 Å². The summed E-state index contributed by atoms with van der Waals surface area (Å²) >= 11 is 0. The molecule has 19 heavy (non-hydrogen) atoms. The first-order valence-electron chi connectivity index (χ1n) is 5.96. The maximum absolute atomic E-state index is 12.1. The summed E-state index contributed by atoms with van der Waals surface area (Å²) in [5, 5.41) is 2.34. The molecule has 0 spiro atoms. The molecule has 1 rings (SSSR count). The minimum atomic E-state index is -4.44. The van der Waals surface area contributed by atoms with Gasteiger partial charge in [-0.3, -0.25) is 9.59 Å². The Morgan fingerprint density at radius 2 is 2.11 bits per heavy atom. The molecule has 1 fully saturated rings. The van der Waals surface area contributed by atoms with Crippen LogP contribution in [0.25, 0.3) is 0 Å². The van der Waals surface area contributed by atoms with Crippen molar-refractivity contribution in [2.45, 2.75) is 19.0 Å². The summed E-state index contributed by atoms with van der Waals surface area (Å²) in [7, 11) is 1.05. The molecule has 2 amide bonds. The van der Waals surface area contributed by atoms with Gasteiger partial charge in [0.05, 0.1) is 19.1 Å². The van der Waals surface area contributed by atoms with E-state index in [1.54, 1.807) is 0 Å². The maximum Gasteiger partial charge on any atom is 0.406 e. The third-order valence-electron chi connectivity index (χ3n) is 2.79. The Bertz CT molecular complexity index is 328. The van der Waals surface area contributed by atoms with Gasteiger partial charge in [-0.1, -0.05) is 0 Å². The van der Waals surface area contributed by atoms with Crippen LogP contribution < -0.4 is 5.32 Å². The maximum atomic E-state index is 12.1. The largest absolute Gasteiger partial charge is 0.406 e. The van der Waals surface area contributed by atoms with Crippen molar-refractivity contribution in [3.05, 3.63) is 0 Å². The van der Waals surface area contributed by atoms with E-state index in [0.717, 1.165) is 13.5 Å². The van der Waals surface area contributed by atoms with E-state index in [1.165, 1.54) is 0 Å². The van der Waals surface area contributed by atoms with E-state index >= 15 is 0 Å². The first-order chi connectivity index (χ1) is 8.79. The zero-order valence-corrected chi connectivity index (χ0v) is 10.6. The highest BCUT2D eigenvalue weighted by molar-refractivity contribution is 5.85. The van der Waals surface area contributed by atoms with Gasteiger partial charge in [-0.15, -0.1) is 0 Å². The lowest BCUT2D eigenvalue weighted by atomic mass is 10.0. The van der Waals surface area contributed by atoms with Crippen LogP contribution in [0.1, 0.15) is 12.8 Å². The molecule has 1 saturated heterocycles. The van der Waals surface area contributed by atoms with Crippen molar-refractivity contribution >= 4 is 11.8 Å². The van der Waals surface area contributed by atoms with Crippen LogP contribution >= 0.6 is 0 Å². The smallest absolute Gasteiger partial charge is 0.381 e. The Hall–Kier alpha value is -1.31. The van der Waals surface area contributed by atoms with Crippen molar-refractivity contribution < 1.29 is 27.5 Å². The van der Waals surface area contributed by atoms with Crippen LogP contribution in [0.3, 0.4) is 0 Å². The average Bonchev–Trinajstić information content (AvgIpc) is 2.34. The van der Waals surface area contributed by atoms with E-state index in [-0.39, 0.29) is 11.8 Å². The first-order valence-corrected chi connectivity index (χ1v) is 5.96. The molecule has 1 heterocycles. The van der Waals surface area contributed by atoms with Gasteiger partial charge in [-0.05, 0) is 12.8 Å². The second-order valence-corrected chi connectivity index (χ2v) is 4.50. The van der Waals surface area contributed by atoms with Gasteiger partial charge in [0.25, 0.3) is 0 Å². The van der Waals surface area contributed by atoms with Crippen molar-refractivity contribution in [1.29, 1.82) is 0 Å². The summed E-state index contributed by atoms with van der Waals surface area (Å²) in [6.07, 6.45) is -3.01. The van der Waals surface area contributed by atoms with E-state index in [4.69, 9.17) is 4.74 Å². The van der Waals surface area contributed by atoms with E-state index in [9.17, 15) is 22.8 Å². The van der Waals surface area contributed by atoms with Crippen LogP contribution in [-0.4, -0.2) is 56.2 Å². The summed E-state index contributed by atoms with van der Waals surface area (Å²) in [5.41, 5.74) is 0. The van der Waals surface area contributed by atoms with E-state index in [0.29, 0.717) is 24.5 Å². The predicted molar refractivity (Wildman–Crippen MR) is 60.2 cm³/mol. The van der Waals surface area contributed by atoms with Crippen molar-refractivity contribution in [2.75, 3.05) is 33.4 Å². The summed E-state index contributed by atoms with van der Waals surface area (Å²) in [4.78, 5) is 23.6. The van der Waals surface area contributed by atoms with Gasteiger partial charge in [0, 0.05) is 13.7 Å². The molecule has 8 heteroatoms. The first kappa shape index (κ1) is 15.7. The SMILES string of the molecule is CN(CC(F)(F)F)C(=O)CNC(=O)C1CCCOC1. The number of ether oxygens (including phenoxy) is 1. The van der Waals surface area contributed by atoms with Crippen molar-refractivity contribution in [3.8, 4) is 0 Å². The number of nitrogens with one attached hydrogen (secondary N) is 1. The molecule has 0 radical (unpaired) electrons. The fourth-order valence-electron chi connectivity index (χ4n) is 1.75. The minimum Gasteiger partial charge on any atom is -0.381 e. The number of hydrogen-bond acceptors (Lipinski definition) is 3. The number of nitrogens with zero attached hydrogens (tertiary/aromatic N) is 1. The lowest BCUT2D eigenvalue weighted by molar-refractivity contribution is -0.158. The van der Waals surface area contributed by atoms with Gasteiger partial charge >= 0.3 is 6.18 Å². The fraction of sp³-hybridized carbons (Fsp3) is 0.818. The number of halogens is 3. The molecular formula is C11H17F3N2O3. The molecule has 0 aliphatic carbocycles. The standard InChI is InChI=1S/C11H17F3N2O3/c1-16(7-11(12,13)14)9(17)5-15-10(18)8-3-2-4-19-6-8/h8H,2-7H2,1H3,(H,15,18). The predicted octanol–water partition coefficient (Wildman–Crippen LogP) is 0.550. The Morgan fingerprint density at radius 1 is 1.42 bits per heavy atom. The van der Waals surface area contributed by atoms with Gasteiger partial charge in [-0.25, -0.2) is 0 Å². The Balaban J connectivity index is 2.30. The van der Waals surface area contributed by atoms with Crippen molar-refractivity contribution in [3.63, 3.8) is 0 Å². The minimum absolute atomic E-state index is 0.290. The van der Waals surface area contributed by atoms with E-state index in [2.05, 4.69) is 5.32 Å². The topological polar surface area (TPSA) is 58.6 Å². The second-order valence-electron chi connectivity index (χ2n) is 4.50. The van der Waals surface area contributed by atoms with Gasteiger partial charge < -0.3 is 15.0 Å². The summed E-state index contributed by atoms with van der Waals surface area (Å²) in [5.74, 6) is -1.45. The monoisotopic (exact) mass is 282 g/mol. The Kier molecular flexibility index (Phi) is 5.59. The number of carbonyl (C=O) groups is 2. The molecule has 1 N–H and O–H groups in total. The molecule has 1 aliphatic heterocycles. The molecule has 0 bridgehead atoms. The highest BCUT2D eigenvalue weighted by Gasteiger charge is 2.31. The molecule has 1 atom stereocenters.